The number of carbonyl (C=O) groups excluding carboxylic acids is 1. The maximum atomic E-state index is 14.4. The van der Waals surface area contributed by atoms with Gasteiger partial charge in [-0.3, -0.25) is 14.4 Å². The average molecular weight is 596 g/mol. The summed E-state index contributed by atoms with van der Waals surface area (Å²) in [5.74, 6) is -0.638. The first-order valence-electron chi connectivity index (χ1n) is 14.0. The Morgan fingerprint density at radius 2 is 1.67 bits per heavy atom. The second-order valence-corrected chi connectivity index (χ2v) is 12.3. The van der Waals surface area contributed by atoms with Crippen molar-refractivity contribution in [2.24, 2.45) is 0 Å². The van der Waals surface area contributed by atoms with Gasteiger partial charge in [-0.25, -0.2) is 13.4 Å². The quantitative estimate of drug-likeness (QED) is 0.282. The summed E-state index contributed by atoms with van der Waals surface area (Å²) in [5.41, 5.74) is 2.94. The Labute approximate surface area is 252 Å². The number of nitrogens with zero attached hydrogens (tertiary/aromatic N) is 4. The molecule has 1 aliphatic heterocycles. The molecule has 0 aliphatic carbocycles. The van der Waals surface area contributed by atoms with E-state index in [0.717, 1.165) is 22.9 Å². The lowest BCUT2D eigenvalue weighted by Gasteiger charge is -2.35. The zero-order chi connectivity index (χ0) is 30.4. The van der Waals surface area contributed by atoms with Crippen LogP contribution in [0.25, 0.3) is 0 Å². The number of aliphatic hydroxyl groups excluding tert-OH is 1. The standard InChI is InChI=1S/C33H33N5O4S/c1-37(33(40)32(24-9-4-2-5-10-24)25-11-6-3-7-12-25)31(23-38-18-17-29(39)22-38)26-13-8-14-27(19-26)36-43(41,42)30-16-15-28(20-34)35-21-30/h2-16,19,21,29,31-32,36,39H,17-18,22-23H2,1H3/t29-,31?/m1/s1. The van der Waals surface area contributed by atoms with E-state index in [0.29, 0.717) is 31.7 Å². The third-order valence-corrected chi connectivity index (χ3v) is 9.06. The van der Waals surface area contributed by atoms with Crippen molar-refractivity contribution in [3.8, 4) is 6.07 Å². The molecular weight excluding hydrogens is 562 g/mol. The summed E-state index contributed by atoms with van der Waals surface area (Å²) in [7, 11) is -2.20. The summed E-state index contributed by atoms with van der Waals surface area (Å²) in [6, 6.07) is 30.4. The lowest BCUT2D eigenvalue weighted by molar-refractivity contribution is -0.133. The maximum Gasteiger partial charge on any atom is 0.263 e. The van der Waals surface area contributed by atoms with Gasteiger partial charge in [0, 0.05) is 38.6 Å². The van der Waals surface area contributed by atoms with Crippen LogP contribution < -0.4 is 4.72 Å². The lowest BCUT2D eigenvalue weighted by atomic mass is 9.89. The number of nitrogens with one attached hydrogen (secondary N) is 1. The number of aliphatic hydroxyl groups is 1. The fraction of sp³-hybridized carbons (Fsp3) is 0.242. The van der Waals surface area contributed by atoms with Crippen LogP contribution in [-0.2, 0) is 14.8 Å². The summed E-state index contributed by atoms with van der Waals surface area (Å²) >= 11 is 0. The summed E-state index contributed by atoms with van der Waals surface area (Å²) in [6.45, 7) is 1.65. The van der Waals surface area contributed by atoms with E-state index in [-0.39, 0.29) is 16.5 Å². The first-order valence-corrected chi connectivity index (χ1v) is 15.5. The number of amides is 1. The van der Waals surface area contributed by atoms with E-state index >= 15 is 0 Å². The largest absolute Gasteiger partial charge is 0.392 e. The van der Waals surface area contributed by atoms with Gasteiger partial charge in [-0.05, 0) is 47.4 Å². The molecule has 2 atom stereocenters. The van der Waals surface area contributed by atoms with Crippen molar-refractivity contribution >= 4 is 21.6 Å². The van der Waals surface area contributed by atoms with Crippen molar-refractivity contribution in [2.75, 3.05) is 31.4 Å². The highest BCUT2D eigenvalue weighted by molar-refractivity contribution is 7.92. The fourth-order valence-corrected chi connectivity index (χ4v) is 6.42. The van der Waals surface area contributed by atoms with Crippen LogP contribution in [0, 0.1) is 11.3 Å². The van der Waals surface area contributed by atoms with Crippen LogP contribution in [0.3, 0.4) is 0 Å². The van der Waals surface area contributed by atoms with Gasteiger partial charge in [0.25, 0.3) is 10.0 Å². The topological polar surface area (TPSA) is 127 Å². The summed E-state index contributed by atoms with van der Waals surface area (Å²) < 4.78 is 28.8. The molecule has 1 amide bonds. The zero-order valence-electron chi connectivity index (χ0n) is 23.7. The van der Waals surface area contributed by atoms with Crippen LogP contribution in [-0.4, -0.2) is 67.0 Å². The second-order valence-electron chi connectivity index (χ2n) is 10.6. The zero-order valence-corrected chi connectivity index (χ0v) is 24.6. The average Bonchev–Trinajstić information content (AvgIpc) is 3.45. The van der Waals surface area contributed by atoms with Gasteiger partial charge in [-0.1, -0.05) is 72.8 Å². The smallest absolute Gasteiger partial charge is 0.263 e. The molecule has 1 saturated heterocycles. The third kappa shape index (κ3) is 7.09. The van der Waals surface area contributed by atoms with Gasteiger partial charge in [0.15, 0.2) is 0 Å². The Morgan fingerprint density at radius 3 is 2.23 bits per heavy atom. The number of pyridine rings is 1. The van der Waals surface area contributed by atoms with E-state index in [1.54, 1.807) is 30.1 Å². The molecule has 1 unspecified atom stereocenters. The number of anilines is 1. The highest BCUT2D eigenvalue weighted by atomic mass is 32.2. The highest BCUT2D eigenvalue weighted by Gasteiger charge is 2.33. The van der Waals surface area contributed by atoms with Gasteiger partial charge in [0.2, 0.25) is 5.91 Å². The monoisotopic (exact) mass is 595 g/mol. The molecule has 2 heterocycles. The van der Waals surface area contributed by atoms with Gasteiger partial charge in [0.05, 0.1) is 18.1 Å². The number of β-amino-alcohol motifs (C(OH)–C–C–N with tert-alkyl or cyclic N) is 1. The van der Waals surface area contributed by atoms with E-state index in [9.17, 15) is 18.3 Å². The predicted molar refractivity (Wildman–Crippen MR) is 164 cm³/mol. The molecule has 220 valence electrons. The molecule has 0 bridgehead atoms. The maximum absolute atomic E-state index is 14.4. The lowest BCUT2D eigenvalue weighted by Crippen LogP contribution is -2.41. The second kappa shape index (κ2) is 13.2. The minimum absolute atomic E-state index is 0.0691. The molecule has 0 saturated carbocycles. The Morgan fingerprint density at radius 1 is 1.02 bits per heavy atom. The van der Waals surface area contributed by atoms with Gasteiger partial charge < -0.3 is 10.0 Å². The molecule has 9 nitrogen and oxygen atoms in total. The first-order chi connectivity index (χ1) is 20.7. The van der Waals surface area contributed by atoms with E-state index in [1.807, 2.05) is 72.8 Å². The highest BCUT2D eigenvalue weighted by Crippen LogP contribution is 2.32. The molecule has 5 rings (SSSR count). The van der Waals surface area contributed by atoms with E-state index in [1.165, 1.54) is 12.1 Å². The predicted octanol–water partition coefficient (Wildman–Crippen LogP) is 4.15. The summed E-state index contributed by atoms with van der Waals surface area (Å²) in [4.78, 5) is 22.0. The van der Waals surface area contributed by atoms with Crippen molar-refractivity contribution in [3.63, 3.8) is 0 Å². The summed E-state index contributed by atoms with van der Waals surface area (Å²) in [6.07, 6.45) is 1.37. The number of aromatic nitrogens is 1. The molecule has 1 aliphatic rings. The molecule has 43 heavy (non-hydrogen) atoms. The SMILES string of the molecule is CN(C(=O)C(c1ccccc1)c1ccccc1)C(CN1CC[C@@H](O)C1)c1cccc(NS(=O)(=O)c2ccc(C#N)nc2)c1. The fourth-order valence-electron chi connectivity index (χ4n) is 5.43. The number of benzene rings is 3. The van der Waals surface area contributed by atoms with Crippen LogP contribution in [0.5, 0.6) is 0 Å². The van der Waals surface area contributed by atoms with E-state index in [4.69, 9.17) is 5.26 Å². The molecule has 4 aromatic rings. The van der Waals surface area contributed by atoms with Crippen LogP contribution >= 0.6 is 0 Å². The van der Waals surface area contributed by atoms with Gasteiger partial charge in [-0.15, -0.1) is 0 Å². The first kappa shape index (κ1) is 29.9. The van der Waals surface area contributed by atoms with Crippen molar-refractivity contribution in [3.05, 3.63) is 126 Å². The summed E-state index contributed by atoms with van der Waals surface area (Å²) in [5, 5.41) is 19.2. The van der Waals surface area contributed by atoms with Gasteiger partial charge in [0.1, 0.15) is 16.7 Å². The van der Waals surface area contributed by atoms with Crippen molar-refractivity contribution in [1.82, 2.24) is 14.8 Å². The molecule has 0 spiro atoms. The number of nitriles is 1. The van der Waals surface area contributed by atoms with Gasteiger partial charge >= 0.3 is 0 Å². The Kier molecular flexibility index (Phi) is 9.16. The van der Waals surface area contributed by atoms with Crippen LogP contribution in [0.4, 0.5) is 5.69 Å². The normalized spacial score (nSPS) is 16.0. The van der Waals surface area contributed by atoms with Crippen LogP contribution in [0.2, 0.25) is 0 Å². The molecule has 1 fully saturated rings. The van der Waals surface area contributed by atoms with E-state index in [2.05, 4.69) is 14.6 Å². The number of hydrogen-bond acceptors (Lipinski definition) is 7. The van der Waals surface area contributed by atoms with Crippen molar-refractivity contribution in [1.29, 1.82) is 5.26 Å². The minimum Gasteiger partial charge on any atom is -0.392 e. The third-order valence-electron chi connectivity index (χ3n) is 7.69. The molecule has 0 radical (unpaired) electrons. The Balaban J connectivity index is 1.48. The Hall–Kier alpha value is -4.56. The number of rotatable bonds is 10. The van der Waals surface area contributed by atoms with Crippen molar-refractivity contribution in [2.45, 2.75) is 29.4 Å². The molecule has 2 N–H and O–H groups in total. The molecular formula is C33H33N5O4S. The number of likely N-dealkylation sites (N-methyl/N-ethyl adjacent to an activating group) is 1. The number of likely N-dealkylation sites (tertiary alicyclic amines) is 1. The Bertz CT molecular complexity index is 1650. The molecule has 1 aromatic heterocycles. The van der Waals surface area contributed by atoms with Crippen molar-refractivity contribution < 1.29 is 18.3 Å². The molecule has 10 heteroatoms. The van der Waals surface area contributed by atoms with E-state index < -0.39 is 28.1 Å². The van der Waals surface area contributed by atoms with Gasteiger partial charge in [-0.2, -0.15) is 5.26 Å². The number of carbonyl (C=O) groups is 1. The number of hydrogen-bond donors (Lipinski definition) is 2. The molecule has 3 aromatic carbocycles. The van der Waals surface area contributed by atoms with Crippen LogP contribution in [0.15, 0.2) is 108 Å². The van der Waals surface area contributed by atoms with Crippen LogP contribution in [0.1, 0.15) is 40.8 Å². The minimum atomic E-state index is -3.98. The number of sulfonamides is 1.